The van der Waals surface area contributed by atoms with E-state index in [1.807, 2.05) is 6.07 Å². The fourth-order valence-electron chi connectivity index (χ4n) is 2.54. The lowest BCUT2D eigenvalue weighted by molar-refractivity contribution is 0.224. The molecule has 0 aliphatic heterocycles. The molecule has 0 fully saturated rings. The van der Waals surface area contributed by atoms with Gasteiger partial charge in [0.2, 0.25) is 0 Å². The number of pyridine rings is 1. The van der Waals surface area contributed by atoms with Crippen LogP contribution in [0.3, 0.4) is 0 Å². The van der Waals surface area contributed by atoms with E-state index in [2.05, 4.69) is 34.4 Å². The summed E-state index contributed by atoms with van der Waals surface area (Å²) < 4.78 is 0. The summed E-state index contributed by atoms with van der Waals surface area (Å²) in [5.74, 6) is 6.36. The van der Waals surface area contributed by atoms with Crippen molar-refractivity contribution in [3.05, 3.63) is 60.3 Å². The molecule has 6 heteroatoms. The van der Waals surface area contributed by atoms with Crippen LogP contribution in [-0.4, -0.2) is 22.0 Å². The van der Waals surface area contributed by atoms with Crippen molar-refractivity contribution in [2.24, 2.45) is 16.7 Å². The molecule has 0 bridgehead atoms. The number of aliphatic hydroxyl groups is 1. The molecule has 2 aromatic rings. The molecule has 134 valence electrons. The number of amidine groups is 1. The lowest BCUT2D eigenvalue weighted by atomic mass is 10.0. The Morgan fingerprint density at radius 2 is 1.76 bits per heavy atom. The first-order valence-corrected chi connectivity index (χ1v) is 8.68. The van der Waals surface area contributed by atoms with Gasteiger partial charge in [0.1, 0.15) is 6.10 Å². The Morgan fingerprint density at radius 3 is 2.48 bits per heavy atom. The molecule has 25 heavy (non-hydrogen) atoms. The number of nitrogens with two attached hydrogens (primary N) is 2. The summed E-state index contributed by atoms with van der Waals surface area (Å²) in [6.45, 7) is 0. The molecule has 1 aromatic carbocycles. The number of rotatable bonds is 10. The summed E-state index contributed by atoms with van der Waals surface area (Å²) in [6.07, 6.45) is 6.76. The van der Waals surface area contributed by atoms with E-state index in [0.717, 1.165) is 37.2 Å². The Labute approximate surface area is 149 Å². The second kappa shape index (κ2) is 10.4. The van der Waals surface area contributed by atoms with E-state index in [0.29, 0.717) is 12.2 Å². The fourth-order valence-corrected chi connectivity index (χ4v) is 2.54. The minimum absolute atomic E-state index is 0.109. The normalized spacial score (nSPS) is 12.8. The molecule has 0 aliphatic carbocycles. The van der Waals surface area contributed by atoms with Crippen molar-refractivity contribution in [2.45, 2.75) is 44.6 Å². The number of unbranched alkanes of at least 4 members (excludes halogenated alkanes) is 3. The third-order valence-electron chi connectivity index (χ3n) is 3.98. The average molecular weight is 341 g/mol. The standard InChI is InChI=1S/C19H27N5O/c20-19(23-24(21)18-14-8-9-15-22-18)17(25)13-7-2-1-4-10-16-11-5-3-6-12-16/h3,5-6,8-9,11-12,14-15,17,25H,1-2,4,7,10,13,21H2,(H2,20,23). The van der Waals surface area contributed by atoms with Crippen molar-refractivity contribution in [3.8, 4) is 0 Å². The van der Waals surface area contributed by atoms with Crippen molar-refractivity contribution >= 4 is 11.7 Å². The number of hydrazone groups is 1. The number of hydrogen-bond donors (Lipinski definition) is 3. The highest BCUT2D eigenvalue weighted by Gasteiger charge is 2.11. The van der Waals surface area contributed by atoms with Gasteiger partial charge in [-0.05, 0) is 37.0 Å². The van der Waals surface area contributed by atoms with E-state index in [4.69, 9.17) is 11.6 Å². The molecule has 1 heterocycles. The molecule has 0 saturated carbocycles. The number of aromatic nitrogens is 1. The fraction of sp³-hybridized carbons (Fsp3) is 0.368. The van der Waals surface area contributed by atoms with E-state index in [-0.39, 0.29) is 5.84 Å². The summed E-state index contributed by atoms with van der Waals surface area (Å²) in [4.78, 5) is 4.07. The van der Waals surface area contributed by atoms with Crippen molar-refractivity contribution in [2.75, 3.05) is 5.12 Å². The first-order chi connectivity index (χ1) is 12.2. The SMILES string of the molecule is N/C(=N\N(N)c1ccccn1)C(O)CCCCCCc1ccccc1. The number of aryl methyl sites for hydroxylation is 1. The van der Waals surface area contributed by atoms with Crippen molar-refractivity contribution in [1.82, 2.24) is 4.98 Å². The van der Waals surface area contributed by atoms with Gasteiger partial charge in [0.25, 0.3) is 0 Å². The number of hydrogen-bond acceptors (Lipinski definition) is 5. The van der Waals surface area contributed by atoms with Gasteiger partial charge < -0.3 is 10.8 Å². The van der Waals surface area contributed by atoms with E-state index in [1.54, 1.807) is 24.4 Å². The largest absolute Gasteiger partial charge is 0.385 e. The lowest BCUT2D eigenvalue weighted by Gasteiger charge is -2.15. The molecule has 0 aliphatic rings. The van der Waals surface area contributed by atoms with E-state index in [9.17, 15) is 5.11 Å². The van der Waals surface area contributed by atoms with Crippen LogP contribution in [-0.2, 0) is 6.42 Å². The molecular weight excluding hydrogens is 314 g/mol. The van der Waals surface area contributed by atoms with Gasteiger partial charge in [0.05, 0.1) is 0 Å². The average Bonchev–Trinajstić information content (AvgIpc) is 2.65. The van der Waals surface area contributed by atoms with Crippen LogP contribution in [0.2, 0.25) is 0 Å². The first-order valence-electron chi connectivity index (χ1n) is 8.68. The predicted octanol–water partition coefficient (Wildman–Crippen LogP) is 2.59. The molecule has 1 atom stereocenters. The van der Waals surface area contributed by atoms with Crippen LogP contribution >= 0.6 is 0 Å². The molecule has 1 aromatic heterocycles. The summed E-state index contributed by atoms with van der Waals surface area (Å²) >= 11 is 0. The van der Waals surface area contributed by atoms with Gasteiger partial charge in [-0.1, -0.05) is 55.7 Å². The second-order valence-electron chi connectivity index (χ2n) is 6.01. The van der Waals surface area contributed by atoms with E-state index < -0.39 is 6.10 Å². The van der Waals surface area contributed by atoms with Crippen molar-refractivity contribution in [1.29, 1.82) is 0 Å². The maximum absolute atomic E-state index is 10.1. The van der Waals surface area contributed by atoms with Crippen LogP contribution in [0, 0.1) is 0 Å². The van der Waals surface area contributed by atoms with Crippen LogP contribution in [0.4, 0.5) is 5.82 Å². The van der Waals surface area contributed by atoms with Gasteiger partial charge in [0, 0.05) is 6.20 Å². The van der Waals surface area contributed by atoms with Crippen molar-refractivity contribution in [3.63, 3.8) is 0 Å². The molecule has 0 radical (unpaired) electrons. The highest BCUT2D eigenvalue weighted by Crippen LogP contribution is 2.11. The molecule has 1 unspecified atom stereocenters. The van der Waals surface area contributed by atoms with E-state index >= 15 is 0 Å². The van der Waals surface area contributed by atoms with Gasteiger partial charge in [-0.2, -0.15) is 5.12 Å². The Hall–Kier alpha value is -2.44. The van der Waals surface area contributed by atoms with Gasteiger partial charge in [-0.3, -0.25) is 0 Å². The number of benzene rings is 1. The minimum Gasteiger partial charge on any atom is -0.385 e. The number of nitrogens with zero attached hydrogens (tertiary/aromatic N) is 3. The maximum atomic E-state index is 10.1. The predicted molar refractivity (Wildman–Crippen MR) is 102 cm³/mol. The highest BCUT2D eigenvalue weighted by atomic mass is 16.3. The van der Waals surface area contributed by atoms with Crippen LogP contribution in [0.1, 0.15) is 37.7 Å². The number of hydrazine groups is 1. The highest BCUT2D eigenvalue weighted by molar-refractivity contribution is 5.85. The quantitative estimate of drug-likeness (QED) is 0.203. The van der Waals surface area contributed by atoms with Gasteiger partial charge in [-0.15, -0.1) is 5.10 Å². The Bertz CT molecular complexity index is 633. The van der Waals surface area contributed by atoms with Crippen molar-refractivity contribution < 1.29 is 5.11 Å². The minimum atomic E-state index is -0.788. The second-order valence-corrected chi connectivity index (χ2v) is 6.01. The Balaban J connectivity index is 1.64. The monoisotopic (exact) mass is 341 g/mol. The molecule has 0 saturated heterocycles. The molecular formula is C19H27N5O. The van der Waals surface area contributed by atoms with Crippen LogP contribution in [0.25, 0.3) is 0 Å². The summed E-state index contributed by atoms with van der Waals surface area (Å²) in [7, 11) is 0. The first kappa shape index (κ1) is 18.9. The molecule has 5 N–H and O–H groups in total. The number of aliphatic hydroxyl groups excluding tert-OH is 1. The Morgan fingerprint density at radius 1 is 1.04 bits per heavy atom. The summed E-state index contributed by atoms with van der Waals surface area (Å²) in [5, 5.41) is 15.2. The maximum Gasteiger partial charge on any atom is 0.166 e. The molecule has 2 rings (SSSR count). The van der Waals surface area contributed by atoms with Gasteiger partial charge in [-0.25, -0.2) is 10.8 Å². The summed E-state index contributed by atoms with van der Waals surface area (Å²) in [5.41, 5.74) is 7.19. The topological polar surface area (TPSA) is 101 Å². The zero-order chi connectivity index (χ0) is 17.9. The third-order valence-corrected chi connectivity index (χ3v) is 3.98. The van der Waals surface area contributed by atoms with Crippen LogP contribution in [0.15, 0.2) is 59.8 Å². The van der Waals surface area contributed by atoms with Crippen LogP contribution in [0.5, 0.6) is 0 Å². The lowest BCUT2D eigenvalue weighted by Crippen LogP contribution is -2.35. The Kier molecular flexibility index (Phi) is 7.88. The zero-order valence-corrected chi connectivity index (χ0v) is 14.5. The smallest absolute Gasteiger partial charge is 0.166 e. The number of anilines is 1. The third kappa shape index (κ3) is 6.91. The van der Waals surface area contributed by atoms with E-state index in [1.165, 1.54) is 5.56 Å². The molecule has 0 amide bonds. The van der Waals surface area contributed by atoms with Gasteiger partial charge in [0.15, 0.2) is 11.7 Å². The molecule has 6 nitrogen and oxygen atoms in total. The summed E-state index contributed by atoms with van der Waals surface area (Å²) in [6, 6.07) is 15.8. The van der Waals surface area contributed by atoms with Crippen LogP contribution < -0.4 is 16.7 Å². The zero-order valence-electron chi connectivity index (χ0n) is 14.5. The molecule has 0 spiro atoms. The van der Waals surface area contributed by atoms with Gasteiger partial charge >= 0.3 is 0 Å².